The molecule has 9 heteroatoms. The van der Waals surface area contributed by atoms with E-state index in [1.807, 2.05) is 60.7 Å². The van der Waals surface area contributed by atoms with E-state index in [2.05, 4.69) is 4.98 Å². The van der Waals surface area contributed by atoms with Crippen LogP contribution < -0.4 is 11.3 Å². The summed E-state index contributed by atoms with van der Waals surface area (Å²) in [6, 6.07) is 18.7. The summed E-state index contributed by atoms with van der Waals surface area (Å²) in [5.41, 5.74) is 8.92. The Morgan fingerprint density at radius 1 is 0.946 bits per heavy atom. The molecule has 2 heterocycles. The second-order valence-corrected chi connectivity index (χ2v) is 9.89. The van der Waals surface area contributed by atoms with Gasteiger partial charge in [-0.3, -0.25) is 14.2 Å². The molecular formula is C28H29F3N4O2. The van der Waals surface area contributed by atoms with Crippen molar-refractivity contribution in [3.8, 4) is 0 Å². The molecule has 6 nitrogen and oxygen atoms in total. The molecular weight excluding hydrogens is 481 g/mol. The van der Waals surface area contributed by atoms with Crippen molar-refractivity contribution < 1.29 is 18.0 Å². The minimum atomic E-state index is -4.21. The van der Waals surface area contributed by atoms with Crippen molar-refractivity contribution >= 4 is 11.9 Å². The Morgan fingerprint density at radius 2 is 1.51 bits per heavy atom. The highest BCUT2D eigenvalue weighted by Crippen LogP contribution is 2.40. The van der Waals surface area contributed by atoms with Crippen molar-refractivity contribution in [2.24, 2.45) is 11.8 Å². The molecule has 1 fully saturated rings. The van der Waals surface area contributed by atoms with Gasteiger partial charge in [-0.15, -0.1) is 0 Å². The van der Waals surface area contributed by atoms with Crippen LogP contribution in [-0.2, 0) is 17.8 Å². The number of nitrogens with zero attached hydrogens (tertiary/aromatic N) is 3. The number of amides is 1. The smallest absolute Gasteiger partial charge is 0.369 e. The maximum absolute atomic E-state index is 13.8. The third-order valence-corrected chi connectivity index (χ3v) is 7.63. The maximum Gasteiger partial charge on any atom is 0.391 e. The molecule has 0 unspecified atom stereocenters. The number of benzene rings is 2. The predicted molar refractivity (Wildman–Crippen MR) is 134 cm³/mol. The lowest BCUT2D eigenvalue weighted by atomic mass is 9.81. The zero-order chi connectivity index (χ0) is 26.2. The van der Waals surface area contributed by atoms with Crippen LogP contribution in [0, 0.1) is 11.8 Å². The molecule has 0 spiro atoms. The second kappa shape index (κ2) is 10.0. The predicted octanol–water partition coefficient (Wildman–Crippen LogP) is 4.72. The number of nitrogen functional groups attached to an aromatic ring is 1. The molecule has 37 heavy (non-hydrogen) atoms. The van der Waals surface area contributed by atoms with Crippen LogP contribution in [0.1, 0.15) is 54.1 Å². The molecule has 1 saturated carbocycles. The Bertz CT molecular complexity index is 1280. The Balaban J connectivity index is 1.41. The fourth-order valence-corrected chi connectivity index (χ4v) is 5.65. The number of hydrogen-bond donors (Lipinski definition) is 1. The van der Waals surface area contributed by atoms with Crippen LogP contribution in [0.25, 0.3) is 0 Å². The van der Waals surface area contributed by atoms with Crippen molar-refractivity contribution in [1.29, 1.82) is 0 Å². The third-order valence-electron chi connectivity index (χ3n) is 7.63. The highest BCUT2D eigenvalue weighted by Gasteiger charge is 2.43. The van der Waals surface area contributed by atoms with Crippen molar-refractivity contribution in [1.82, 2.24) is 14.5 Å². The monoisotopic (exact) mass is 510 g/mol. The number of fused-ring (bicyclic) bond motifs is 1. The summed E-state index contributed by atoms with van der Waals surface area (Å²) in [5, 5.41) is 0. The van der Waals surface area contributed by atoms with Gasteiger partial charge in [-0.2, -0.15) is 13.2 Å². The average molecular weight is 511 g/mol. The Kier molecular flexibility index (Phi) is 6.79. The zero-order valence-electron chi connectivity index (χ0n) is 20.3. The first-order valence-corrected chi connectivity index (χ1v) is 12.6. The molecule has 2 aromatic carbocycles. The number of aromatic nitrogens is 2. The van der Waals surface area contributed by atoms with Gasteiger partial charge in [-0.25, -0.2) is 4.98 Å². The van der Waals surface area contributed by atoms with Crippen LogP contribution in [0.3, 0.4) is 0 Å². The zero-order valence-corrected chi connectivity index (χ0v) is 20.3. The van der Waals surface area contributed by atoms with E-state index >= 15 is 0 Å². The van der Waals surface area contributed by atoms with Gasteiger partial charge < -0.3 is 10.6 Å². The lowest BCUT2D eigenvalue weighted by Crippen LogP contribution is -2.44. The quantitative estimate of drug-likeness (QED) is 0.551. The van der Waals surface area contributed by atoms with Gasteiger partial charge in [-0.1, -0.05) is 60.7 Å². The van der Waals surface area contributed by atoms with E-state index < -0.39 is 24.1 Å². The lowest BCUT2D eigenvalue weighted by Gasteiger charge is -2.35. The molecule has 2 aliphatic rings. The summed E-state index contributed by atoms with van der Waals surface area (Å²) in [4.78, 5) is 33.1. The maximum atomic E-state index is 13.8. The van der Waals surface area contributed by atoms with E-state index in [1.165, 1.54) is 4.57 Å². The van der Waals surface area contributed by atoms with E-state index in [4.69, 9.17) is 5.73 Å². The van der Waals surface area contributed by atoms with Crippen LogP contribution in [0.2, 0.25) is 0 Å². The minimum absolute atomic E-state index is 0.0272. The van der Waals surface area contributed by atoms with Crippen LogP contribution in [0.15, 0.2) is 65.5 Å². The van der Waals surface area contributed by atoms with Crippen LogP contribution in [-0.4, -0.2) is 33.1 Å². The number of rotatable bonds is 4. The van der Waals surface area contributed by atoms with Crippen LogP contribution >= 0.6 is 0 Å². The molecule has 0 radical (unpaired) electrons. The van der Waals surface area contributed by atoms with Gasteiger partial charge in [0.05, 0.1) is 24.2 Å². The topological polar surface area (TPSA) is 81.2 Å². The minimum Gasteiger partial charge on any atom is -0.369 e. The van der Waals surface area contributed by atoms with Gasteiger partial charge in [0.1, 0.15) is 0 Å². The molecule has 1 aliphatic heterocycles. The second-order valence-electron chi connectivity index (χ2n) is 9.89. The summed E-state index contributed by atoms with van der Waals surface area (Å²) < 4.78 is 40.6. The highest BCUT2D eigenvalue weighted by molar-refractivity contribution is 5.79. The van der Waals surface area contributed by atoms with E-state index in [-0.39, 0.29) is 49.6 Å². The molecule has 3 aromatic rings. The van der Waals surface area contributed by atoms with Crippen LogP contribution in [0.4, 0.5) is 19.1 Å². The largest absolute Gasteiger partial charge is 0.391 e. The summed E-state index contributed by atoms with van der Waals surface area (Å²) >= 11 is 0. The van der Waals surface area contributed by atoms with E-state index in [1.54, 1.807) is 4.90 Å². The van der Waals surface area contributed by atoms with Gasteiger partial charge in [-0.05, 0) is 43.2 Å². The molecule has 194 valence electrons. The Hall–Kier alpha value is -3.62. The van der Waals surface area contributed by atoms with Gasteiger partial charge in [0.15, 0.2) is 0 Å². The fourth-order valence-electron chi connectivity index (χ4n) is 5.65. The first kappa shape index (κ1) is 25.0. The SMILES string of the molecule is Nc1nc2c(c(=O)n1C(c1ccccc1)c1ccccc1)CCN(C(=O)C1CCC(C(F)(F)F)CC1)C2. The van der Waals surface area contributed by atoms with E-state index in [9.17, 15) is 22.8 Å². The molecule has 2 N–H and O–H groups in total. The number of alkyl halides is 3. The van der Waals surface area contributed by atoms with Crippen molar-refractivity contribution in [3.05, 3.63) is 93.4 Å². The molecule has 1 aromatic heterocycles. The summed E-state index contributed by atoms with van der Waals surface area (Å²) in [7, 11) is 0. The number of nitrogens with two attached hydrogens (primary N) is 1. The lowest BCUT2D eigenvalue weighted by molar-refractivity contribution is -0.185. The summed E-state index contributed by atoms with van der Waals surface area (Å²) in [5.74, 6) is -1.87. The average Bonchev–Trinajstić information content (AvgIpc) is 2.91. The molecule has 1 aliphatic carbocycles. The molecule has 1 amide bonds. The van der Waals surface area contributed by atoms with Gasteiger partial charge >= 0.3 is 6.18 Å². The molecule has 0 saturated heterocycles. The van der Waals surface area contributed by atoms with Gasteiger partial charge in [0.25, 0.3) is 5.56 Å². The van der Waals surface area contributed by atoms with Crippen LogP contribution in [0.5, 0.6) is 0 Å². The standard InChI is InChI=1S/C28H29F3N4O2/c29-28(30,31)21-13-11-20(12-14-21)25(36)34-16-15-22-23(17-34)33-27(32)35(26(22)37)24(18-7-3-1-4-8-18)19-9-5-2-6-10-19/h1-10,20-21,24H,11-17H2,(H2,32,33). The van der Waals surface area contributed by atoms with E-state index in [0.717, 1.165) is 11.1 Å². The number of halogens is 3. The Labute approximate surface area is 212 Å². The first-order chi connectivity index (χ1) is 17.7. The van der Waals surface area contributed by atoms with Crippen molar-refractivity contribution in [2.75, 3.05) is 12.3 Å². The van der Waals surface area contributed by atoms with Gasteiger partial charge in [0, 0.05) is 18.0 Å². The number of carbonyl (C=O) groups excluding carboxylic acids is 1. The summed E-state index contributed by atoms with van der Waals surface area (Å²) in [6.45, 7) is 0.461. The molecule has 0 atom stereocenters. The molecule has 0 bridgehead atoms. The first-order valence-electron chi connectivity index (χ1n) is 12.6. The number of carbonyl (C=O) groups is 1. The number of hydrogen-bond acceptors (Lipinski definition) is 4. The van der Waals surface area contributed by atoms with Gasteiger partial charge in [0.2, 0.25) is 11.9 Å². The molecule has 5 rings (SSSR count). The Morgan fingerprint density at radius 3 is 2.05 bits per heavy atom. The van der Waals surface area contributed by atoms with Crippen molar-refractivity contribution in [2.45, 2.75) is 50.9 Å². The highest BCUT2D eigenvalue weighted by atomic mass is 19.4. The van der Waals surface area contributed by atoms with E-state index in [0.29, 0.717) is 24.2 Å². The number of anilines is 1. The summed E-state index contributed by atoms with van der Waals surface area (Å²) in [6.07, 6.45) is -3.50. The van der Waals surface area contributed by atoms with Crippen molar-refractivity contribution in [3.63, 3.8) is 0 Å². The third kappa shape index (κ3) is 4.99. The normalized spacial score (nSPS) is 20.1. The fraction of sp³-hybridized carbons (Fsp3) is 0.393.